The van der Waals surface area contributed by atoms with Crippen LogP contribution in [0.2, 0.25) is 5.02 Å². The number of halogens is 2. The Hall–Kier alpha value is -1.60. The summed E-state index contributed by atoms with van der Waals surface area (Å²) in [6.45, 7) is 5.78. The number of thioether (sulfide) groups is 1. The average Bonchev–Trinajstić information content (AvgIpc) is 2.90. The third kappa shape index (κ3) is 3.98. The van der Waals surface area contributed by atoms with Crippen LogP contribution >= 0.6 is 23.4 Å². The SMILES string of the molecule is CC(C)n1cnnc1S[C@@H](C)C(=O)Nc1ccc(F)cc1Cl. The third-order valence-electron chi connectivity index (χ3n) is 2.94. The van der Waals surface area contributed by atoms with E-state index in [4.69, 9.17) is 11.6 Å². The van der Waals surface area contributed by atoms with Crippen LogP contribution < -0.4 is 5.32 Å². The molecule has 1 aromatic heterocycles. The minimum atomic E-state index is -0.449. The molecule has 1 amide bonds. The van der Waals surface area contributed by atoms with Crippen molar-refractivity contribution in [2.75, 3.05) is 5.32 Å². The van der Waals surface area contributed by atoms with E-state index in [0.29, 0.717) is 10.8 Å². The van der Waals surface area contributed by atoms with Gasteiger partial charge in [-0.3, -0.25) is 4.79 Å². The van der Waals surface area contributed by atoms with Crippen molar-refractivity contribution in [3.8, 4) is 0 Å². The monoisotopic (exact) mass is 342 g/mol. The number of amides is 1. The van der Waals surface area contributed by atoms with Gasteiger partial charge in [0.1, 0.15) is 12.1 Å². The molecule has 22 heavy (non-hydrogen) atoms. The normalized spacial score (nSPS) is 12.5. The summed E-state index contributed by atoms with van der Waals surface area (Å²) in [6, 6.07) is 4.04. The van der Waals surface area contributed by atoms with Gasteiger partial charge in [0.05, 0.1) is 16.0 Å². The fourth-order valence-corrected chi connectivity index (χ4v) is 2.88. The van der Waals surface area contributed by atoms with Crippen LogP contribution in [0.5, 0.6) is 0 Å². The third-order valence-corrected chi connectivity index (χ3v) is 4.32. The van der Waals surface area contributed by atoms with Crippen molar-refractivity contribution in [2.45, 2.75) is 37.2 Å². The van der Waals surface area contributed by atoms with Crippen LogP contribution in [0.3, 0.4) is 0 Å². The molecule has 0 spiro atoms. The molecule has 0 saturated heterocycles. The summed E-state index contributed by atoms with van der Waals surface area (Å²) < 4.78 is 14.9. The lowest BCUT2D eigenvalue weighted by Gasteiger charge is -2.14. The van der Waals surface area contributed by atoms with E-state index in [9.17, 15) is 9.18 Å². The topological polar surface area (TPSA) is 59.8 Å². The molecule has 8 heteroatoms. The molecule has 0 aliphatic rings. The highest BCUT2D eigenvalue weighted by atomic mass is 35.5. The Bertz CT molecular complexity index is 677. The predicted molar refractivity (Wildman–Crippen MR) is 85.8 cm³/mol. The van der Waals surface area contributed by atoms with Gasteiger partial charge in [-0.25, -0.2) is 4.39 Å². The second-order valence-electron chi connectivity index (χ2n) is 4.99. The number of carbonyl (C=O) groups is 1. The van der Waals surface area contributed by atoms with Crippen LogP contribution in [0.25, 0.3) is 0 Å². The molecule has 1 aromatic carbocycles. The first-order valence-electron chi connectivity index (χ1n) is 6.70. The number of carbonyl (C=O) groups excluding carboxylic acids is 1. The number of rotatable bonds is 5. The highest BCUT2D eigenvalue weighted by Gasteiger charge is 2.19. The van der Waals surface area contributed by atoms with Gasteiger partial charge in [-0.1, -0.05) is 23.4 Å². The summed E-state index contributed by atoms with van der Waals surface area (Å²) in [7, 11) is 0. The quantitative estimate of drug-likeness (QED) is 0.840. The maximum Gasteiger partial charge on any atom is 0.237 e. The number of anilines is 1. The molecule has 0 aliphatic heterocycles. The predicted octanol–water partition coefficient (Wildman–Crippen LogP) is 3.77. The second kappa shape index (κ2) is 7.11. The van der Waals surface area contributed by atoms with Crippen molar-refractivity contribution in [2.24, 2.45) is 0 Å². The molecule has 2 aromatic rings. The fraction of sp³-hybridized carbons (Fsp3) is 0.357. The molecule has 1 N–H and O–H groups in total. The molecule has 0 unspecified atom stereocenters. The molecule has 1 atom stereocenters. The molecule has 0 aliphatic carbocycles. The first-order chi connectivity index (χ1) is 10.4. The lowest BCUT2D eigenvalue weighted by Crippen LogP contribution is -2.23. The van der Waals surface area contributed by atoms with Gasteiger partial charge in [0.25, 0.3) is 0 Å². The smallest absolute Gasteiger partial charge is 0.237 e. The van der Waals surface area contributed by atoms with Gasteiger partial charge < -0.3 is 9.88 Å². The Morgan fingerprint density at radius 1 is 1.41 bits per heavy atom. The lowest BCUT2D eigenvalue weighted by molar-refractivity contribution is -0.115. The van der Waals surface area contributed by atoms with Gasteiger partial charge in [0, 0.05) is 6.04 Å². The summed E-state index contributed by atoms with van der Waals surface area (Å²) in [5.41, 5.74) is 0.380. The minimum Gasteiger partial charge on any atom is -0.324 e. The van der Waals surface area contributed by atoms with Crippen molar-refractivity contribution in [1.82, 2.24) is 14.8 Å². The highest BCUT2D eigenvalue weighted by molar-refractivity contribution is 8.00. The number of benzene rings is 1. The zero-order valence-corrected chi connectivity index (χ0v) is 14.0. The fourth-order valence-electron chi connectivity index (χ4n) is 1.71. The summed E-state index contributed by atoms with van der Waals surface area (Å²) in [5.74, 6) is -0.688. The van der Waals surface area contributed by atoms with Crippen LogP contribution in [0, 0.1) is 5.82 Å². The van der Waals surface area contributed by atoms with Gasteiger partial charge in [-0.05, 0) is 39.0 Å². The van der Waals surface area contributed by atoms with E-state index in [1.54, 1.807) is 13.3 Å². The van der Waals surface area contributed by atoms with Gasteiger partial charge in [-0.2, -0.15) is 0 Å². The zero-order valence-electron chi connectivity index (χ0n) is 12.4. The van der Waals surface area contributed by atoms with Crippen molar-refractivity contribution in [3.63, 3.8) is 0 Å². The number of aromatic nitrogens is 3. The van der Waals surface area contributed by atoms with E-state index in [1.165, 1.54) is 23.9 Å². The molecule has 2 rings (SSSR count). The van der Waals surface area contributed by atoms with Crippen molar-refractivity contribution < 1.29 is 9.18 Å². The Labute approximate surface area is 137 Å². The Morgan fingerprint density at radius 2 is 2.14 bits per heavy atom. The maximum atomic E-state index is 13.0. The van der Waals surface area contributed by atoms with Crippen LogP contribution in [-0.2, 0) is 4.79 Å². The Kier molecular flexibility index (Phi) is 5.42. The van der Waals surface area contributed by atoms with Crippen molar-refractivity contribution >= 4 is 35.0 Å². The number of hydrogen-bond acceptors (Lipinski definition) is 4. The largest absolute Gasteiger partial charge is 0.324 e. The summed E-state index contributed by atoms with van der Waals surface area (Å²) in [5, 5.41) is 11.0. The summed E-state index contributed by atoms with van der Waals surface area (Å²) in [6.07, 6.45) is 1.63. The average molecular weight is 343 g/mol. The van der Waals surface area contributed by atoms with E-state index in [1.807, 2.05) is 18.4 Å². The Morgan fingerprint density at radius 3 is 2.77 bits per heavy atom. The van der Waals surface area contributed by atoms with E-state index in [2.05, 4.69) is 15.5 Å². The first kappa shape index (κ1) is 16.8. The second-order valence-corrected chi connectivity index (χ2v) is 6.70. The van der Waals surface area contributed by atoms with Crippen molar-refractivity contribution in [1.29, 1.82) is 0 Å². The standard InChI is InChI=1S/C14H16ClFN4OS/c1-8(2)20-7-17-19-14(20)22-9(3)13(21)18-12-5-4-10(16)6-11(12)15/h4-9H,1-3H3,(H,18,21)/t9-/m0/s1. The number of hydrogen-bond donors (Lipinski definition) is 1. The summed E-state index contributed by atoms with van der Waals surface area (Å²) in [4.78, 5) is 12.2. The van der Waals surface area contributed by atoms with Gasteiger partial charge in [0.15, 0.2) is 5.16 Å². The molecule has 118 valence electrons. The molecule has 1 heterocycles. The van der Waals surface area contributed by atoms with Gasteiger partial charge in [-0.15, -0.1) is 10.2 Å². The lowest BCUT2D eigenvalue weighted by atomic mass is 10.3. The van der Waals surface area contributed by atoms with E-state index >= 15 is 0 Å². The molecule has 0 radical (unpaired) electrons. The number of nitrogens with zero attached hydrogens (tertiary/aromatic N) is 3. The zero-order chi connectivity index (χ0) is 16.3. The summed E-state index contributed by atoms with van der Waals surface area (Å²) >= 11 is 7.20. The Balaban J connectivity index is 2.04. The molecule has 5 nitrogen and oxygen atoms in total. The molecular weight excluding hydrogens is 327 g/mol. The highest BCUT2D eigenvalue weighted by Crippen LogP contribution is 2.26. The van der Waals surface area contributed by atoms with E-state index in [0.717, 1.165) is 6.07 Å². The van der Waals surface area contributed by atoms with Gasteiger partial charge >= 0.3 is 0 Å². The van der Waals surface area contributed by atoms with Gasteiger partial charge in [0.2, 0.25) is 5.91 Å². The van der Waals surface area contributed by atoms with Crippen LogP contribution in [0.15, 0.2) is 29.7 Å². The number of nitrogens with one attached hydrogen (secondary N) is 1. The molecule has 0 saturated carbocycles. The minimum absolute atomic E-state index is 0.163. The van der Waals surface area contributed by atoms with Crippen LogP contribution in [0.1, 0.15) is 26.8 Å². The first-order valence-corrected chi connectivity index (χ1v) is 7.96. The molecular formula is C14H16ClFN4OS. The molecule has 0 fully saturated rings. The van der Waals surface area contributed by atoms with E-state index in [-0.39, 0.29) is 17.0 Å². The van der Waals surface area contributed by atoms with Crippen molar-refractivity contribution in [3.05, 3.63) is 35.4 Å². The van der Waals surface area contributed by atoms with Crippen LogP contribution in [0.4, 0.5) is 10.1 Å². The van der Waals surface area contributed by atoms with E-state index < -0.39 is 11.1 Å². The maximum absolute atomic E-state index is 13.0. The molecule has 0 bridgehead atoms. The van der Waals surface area contributed by atoms with Crippen LogP contribution in [-0.4, -0.2) is 25.9 Å².